The van der Waals surface area contributed by atoms with E-state index in [0.717, 1.165) is 0 Å². The number of hydrogen-bond donors (Lipinski definition) is 12. The maximum absolute atomic E-state index is 11.1. The molecule has 12 N–H and O–H groups in total. The number of benzene rings is 12. The maximum Gasteiger partial charge on any atom is 0.335 e. The van der Waals surface area contributed by atoms with Gasteiger partial charge in [-0.25, -0.2) is 57.5 Å². The first-order valence-corrected chi connectivity index (χ1v) is 32.7. The summed E-state index contributed by atoms with van der Waals surface area (Å²) in [5, 5.41) is 109. The smallest absolute Gasteiger partial charge is 0.335 e. The normalized spacial score (nSPS) is 10.3. The van der Waals surface area contributed by atoms with E-state index in [4.69, 9.17) is 61.3 Å². The van der Waals surface area contributed by atoms with Crippen LogP contribution in [0.1, 0.15) is 124 Å². The average molecular weight is 1510 g/mol. The minimum absolute atomic E-state index is 0.131. The number of carboxylic acid groups (broad SMARTS) is 12. The second-order valence-corrected chi connectivity index (χ2v) is 23.6. The van der Waals surface area contributed by atoms with Crippen LogP contribution in [-0.2, 0) is 0 Å². The molecule has 0 aliphatic heterocycles. The van der Waals surface area contributed by atoms with E-state index in [1.54, 1.807) is 165 Å². The molecule has 0 aliphatic carbocycles. The number of anilines is 12. The van der Waals surface area contributed by atoms with Gasteiger partial charge in [0, 0.05) is 68.2 Å². The highest BCUT2D eigenvalue weighted by Gasteiger charge is 2.21. The third kappa shape index (κ3) is 20.1. The van der Waals surface area contributed by atoms with E-state index in [-0.39, 0.29) is 66.8 Å². The van der Waals surface area contributed by atoms with Crippen LogP contribution in [0.2, 0.25) is 0 Å². The summed E-state index contributed by atoms with van der Waals surface area (Å²) in [6, 6.07) is 74.0. The number of carbonyl (C=O) groups is 12. The molecule has 0 bridgehead atoms. The van der Waals surface area contributed by atoms with Gasteiger partial charge < -0.3 is 80.9 Å². The number of carboxylic acids is 12. The molecule has 28 nitrogen and oxygen atoms in total. The van der Waals surface area contributed by atoms with E-state index < -0.39 is 71.6 Å². The Morgan fingerprint density at radius 1 is 0.116 bits per heavy atom. The Kier molecular flexibility index (Phi) is 25.6. The lowest BCUT2D eigenvalue weighted by Crippen LogP contribution is -2.11. The minimum atomic E-state index is -1.05. The van der Waals surface area contributed by atoms with Crippen molar-refractivity contribution in [3.05, 3.63) is 358 Å². The third-order valence-corrected chi connectivity index (χ3v) is 16.5. The summed E-state index contributed by atoms with van der Waals surface area (Å²) in [6.07, 6.45) is 0. The van der Waals surface area contributed by atoms with E-state index in [1.807, 2.05) is 0 Å². The second-order valence-electron chi connectivity index (χ2n) is 23.6. The van der Waals surface area contributed by atoms with Gasteiger partial charge in [0.05, 0.1) is 66.8 Å². The molecule has 0 atom stereocenters. The fourth-order valence-corrected chi connectivity index (χ4v) is 10.8. The Balaban J connectivity index is 0.000000171. The first-order valence-electron chi connectivity index (χ1n) is 32.7. The third-order valence-electron chi connectivity index (χ3n) is 16.5. The van der Waals surface area contributed by atoms with E-state index >= 15 is 0 Å². The van der Waals surface area contributed by atoms with Crippen molar-refractivity contribution in [3.63, 3.8) is 0 Å². The molecule has 12 aromatic carbocycles. The Morgan fingerprint density at radius 3 is 0.214 bits per heavy atom. The first-order chi connectivity index (χ1) is 53.5. The van der Waals surface area contributed by atoms with E-state index in [9.17, 15) is 57.5 Å². The average Bonchev–Trinajstić information content (AvgIpc) is 0.817. The molecule has 0 spiro atoms. The molecule has 0 heterocycles. The van der Waals surface area contributed by atoms with Gasteiger partial charge in [-0.3, -0.25) is 0 Å². The first kappa shape index (κ1) is 79.6. The molecule has 0 unspecified atom stereocenters. The van der Waals surface area contributed by atoms with Crippen LogP contribution in [0, 0.1) is 0 Å². The predicted octanol–water partition coefficient (Wildman–Crippen LogP) is 17.0. The zero-order chi connectivity index (χ0) is 81.0. The molecule has 0 aromatic heterocycles. The van der Waals surface area contributed by atoms with E-state index in [0.29, 0.717) is 68.2 Å². The van der Waals surface area contributed by atoms with Gasteiger partial charge in [0.25, 0.3) is 0 Å². The molecule has 12 aromatic rings. The van der Waals surface area contributed by atoms with Crippen LogP contribution < -0.4 is 19.6 Å². The van der Waals surface area contributed by atoms with Crippen LogP contribution in [0.5, 0.6) is 0 Å². The van der Waals surface area contributed by atoms with Gasteiger partial charge in [-0.1, -0.05) is 0 Å². The zero-order valence-corrected chi connectivity index (χ0v) is 57.8. The molecule has 560 valence electrons. The molecule has 0 aliphatic rings. The van der Waals surface area contributed by atoms with Crippen molar-refractivity contribution in [1.82, 2.24) is 0 Å². The van der Waals surface area contributed by atoms with Gasteiger partial charge in [0.1, 0.15) is 0 Å². The number of hydrogen-bond acceptors (Lipinski definition) is 16. The number of nitrogens with zero attached hydrogens (tertiary/aromatic N) is 4. The number of aromatic carboxylic acids is 12. The van der Waals surface area contributed by atoms with Crippen molar-refractivity contribution in [2.75, 3.05) is 19.6 Å². The van der Waals surface area contributed by atoms with Crippen molar-refractivity contribution in [2.45, 2.75) is 0 Å². The standard InChI is InChI=1S/4C21H15NO6/c4*23-19(24)13-1-7-16(8-2-13)22(17-9-3-14(4-10-17)20(25)26)18-11-5-15(6-12-18)21(27)28/h4*1-12H,(H,23,24)(H,25,26)(H,27,28). The SMILES string of the molecule is O=C(O)c1ccc(N(c2ccc(C(=O)O)cc2)c2ccc(C(=O)O)cc2)cc1.O=C(O)c1ccc(N(c2ccc(C(=O)O)cc2)c2ccc(C(=O)O)cc2)cc1.O=C(O)c1ccc(N(c2ccc(C(=O)O)cc2)c2ccc(C(=O)O)cc2)cc1.O=C(O)c1ccc(N(c2ccc(C(=O)O)cc2)c2ccc(C(=O)O)cc2)cc1. The quantitative estimate of drug-likeness (QED) is 0.0267. The molecular formula is C84H60N4O24. The van der Waals surface area contributed by atoms with Crippen LogP contribution in [-0.4, -0.2) is 133 Å². The largest absolute Gasteiger partial charge is 0.478 e. The Morgan fingerprint density at radius 2 is 0.170 bits per heavy atom. The van der Waals surface area contributed by atoms with Crippen LogP contribution in [0.3, 0.4) is 0 Å². The Bertz CT molecular complexity index is 4240. The predicted molar refractivity (Wildman–Crippen MR) is 408 cm³/mol. The maximum atomic E-state index is 11.1. The van der Waals surface area contributed by atoms with Crippen molar-refractivity contribution in [3.8, 4) is 0 Å². The summed E-state index contributed by atoms with van der Waals surface area (Å²) in [6.45, 7) is 0. The molecular weight excluding hydrogens is 1450 g/mol. The summed E-state index contributed by atoms with van der Waals surface area (Å²) in [4.78, 5) is 140. The molecule has 0 fully saturated rings. The van der Waals surface area contributed by atoms with Crippen LogP contribution in [0.15, 0.2) is 291 Å². The molecule has 28 heteroatoms. The van der Waals surface area contributed by atoms with Crippen molar-refractivity contribution >= 4 is 140 Å². The number of rotatable bonds is 24. The van der Waals surface area contributed by atoms with Gasteiger partial charge in [-0.2, -0.15) is 0 Å². The highest BCUT2D eigenvalue weighted by atomic mass is 16.4. The fourth-order valence-electron chi connectivity index (χ4n) is 10.8. The summed E-state index contributed by atoms with van der Waals surface area (Å²) in [7, 11) is 0. The van der Waals surface area contributed by atoms with Gasteiger partial charge in [0.2, 0.25) is 0 Å². The van der Waals surface area contributed by atoms with Gasteiger partial charge in [-0.05, 0) is 291 Å². The van der Waals surface area contributed by atoms with Crippen molar-refractivity contribution in [1.29, 1.82) is 0 Å². The van der Waals surface area contributed by atoms with Gasteiger partial charge in [0.15, 0.2) is 0 Å². The van der Waals surface area contributed by atoms with E-state index in [1.165, 1.54) is 146 Å². The summed E-state index contributed by atoms with van der Waals surface area (Å²) in [5.41, 5.74) is 9.19. The molecule has 12 rings (SSSR count). The monoisotopic (exact) mass is 1510 g/mol. The zero-order valence-electron chi connectivity index (χ0n) is 57.8. The second kappa shape index (κ2) is 36.0. The summed E-state index contributed by atoms with van der Waals surface area (Å²) >= 11 is 0. The molecule has 0 amide bonds. The summed E-state index contributed by atoms with van der Waals surface area (Å²) < 4.78 is 0. The highest BCUT2D eigenvalue weighted by molar-refractivity contribution is 5.97. The van der Waals surface area contributed by atoms with Crippen LogP contribution >= 0.6 is 0 Å². The van der Waals surface area contributed by atoms with Gasteiger partial charge >= 0.3 is 71.6 Å². The van der Waals surface area contributed by atoms with Crippen LogP contribution in [0.25, 0.3) is 0 Å². The molecule has 0 saturated heterocycles. The Labute approximate surface area is 633 Å². The van der Waals surface area contributed by atoms with Crippen LogP contribution in [0.4, 0.5) is 68.2 Å². The van der Waals surface area contributed by atoms with Crippen molar-refractivity contribution < 1.29 is 119 Å². The molecule has 0 radical (unpaired) electrons. The minimum Gasteiger partial charge on any atom is -0.478 e. The highest BCUT2D eigenvalue weighted by Crippen LogP contribution is 2.40. The molecule has 112 heavy (non-hydrogen) atoms. The van der Waals surface area contributed by atoms with Crippen molar-refractivity contribution in [2.24, 2.45) is 0 Å². The lowest BCUT2D eigenvalue weighted by Gasteiger charge is -2.25. The lowest BCUT2D eigenvalue weighted by atomic mass is 10.1. The fraction of sp³-hybridized carbons (Fsp3) is 0. The topological polar surface area (TPSA) is 461 Å². The molecule has 0 saturated carbocycles. The lowest BCUT2D eigenvalue weighted by molar-refractivity contribution is 0.0686. The summed E-state index contributed by atoms with van der Waals surface area (Å²) in [5.74, 6) is -12.6. The van der Waals surface area contributed by atoms with Gasteiger partial charge in [-0.15, -0.1) is 0 Å². The Hall–Kier alpha value is -16.5. The van der Waals surface area contributed by atoms with E-state index in [2.05, 4.69) is 0 Å².